The molecule has 0 atom stereocenters. The molecule has 0 amide bonds. The van der Waals surface area contributed by atoms with E-state index in [2.05, 4.69) is 15.9 Å². The molecule has 0 fully saturated rings. The van der Waals surface area contributed by atoms with Crippen molar-refractivity contribution >= 4 is 45.1 Å². The molecule has 0 aromatic heterocycles. The van der Waals surface area contributed by atoms with Gasteiger partial charge in [0.25, 0.3) is 0 Å². The molecule has 0 saturated heterocycles. The Morgan fingerprint density at radius 3 is 2.75 bits per heavy atom. The molecule has 1 N–H and O–H groups in total. The van der Waals surface area contributed by atoms with Gasteiger partial charge in [-0.25, -0.2) is 9.18 Å². The Labute approximate surface area is 150 Å². The van der Waals surface area contributed by atoms with Gasteiger partial charge in [0.05, 0.1) is 21.1 Å². The van der Waals surface area contributed by atoms with E-state index in [1.165, 1.54) is 24.3 Å². The third kappa shape index (κ3) is 4.57. The zero-order valence-corrected chi connectivity index (χ0v) is 14.4. The second kappa shape index (κ2) is 7.95. The van der Waals surface area contributed by atoms with Gasteiger partial charge in [-0.05, 0) is 57.4 Å². The van der Waals surface area contributed by atoms with E-state index >= 15 is 0 Å². The minimum atomic E-state index is -1.13. The lowest BCUT2D eigenvalue weighted by atomic mass is 10.0. The number of carbonyl (C=O) groups is 1. The Hall–Kier alpha value is -2.36. The Balaban J connectivity index is 2.38. The van der Waals surface area contributed by atoms with Crippen molar-refractivity contribution in [2.75, 3.05) is 6.61 Å². The maximum absolute atomic E-state index is 13.3. The van der Waals surface area contributed by atoms with Crippen molar-refractivity contribution in [3.8, 4) is 11.8 Å². The van der Waals surface area contributed by atoms with E-state index in [0.717, 1.165) is 0 Å². The second-order valence-corrected chi connectivity index (χ2v) is 5.94. The summed E-state index contributed by atoms with van der Waals surface area (Å²) in [6, 6.07) is 10.9. The lowest BCUT2D eigenvalue weighted by Gasteiger charge is -2.09. The monoisotopic (exact) mass is 409 g/mol. The topological polar surface area (TPSA) is 70.3 Å². The van der Waals surface area contributed by atoms with Gasteiger partial charge in [0.15, 0.2) is 12.4 Å². The maximum atomic E-state index is 13.3. The number of carboxylic acid groups (broad SMARTS) is 1. The standard InChI is InChI=1S/C17H10BrClFNO3/c18-14-5-10(6-15(19)17(14)24-9-16(22)23)4-12(8-21)11-2-1-3-13(20)7-11/h1-7H,9H2,(H,22,23)/b12-4-. The van der Waals surface area contributed by atoms with E-state index in [4.69, 9.17) is 21.4 Å². The van der Waals surface area contributed by atoms with Crippen molar-refractivity contribution in [2.24, 2.45) is 0 Å². The smallest absolute Gasteiger partial charge is 0.341 e. The molecular weight excluding hydrogens is 401 g/mol. The summed E-state index contributed by atoms with van der Waals surface area (Å²) in [5.74, 6) is -1.37. The van der Waals surface area contributed by atoms with Crippen LogP contribution in [0.3, 0.4) is 0 Å². The molecule has 2 aromatic carbocycles. The number of ether oxygens (including phenoxy) is 1. The first-order chi connectivity index (χ1) is 11.4. The van der Waals surface area contributed by atoms with Crippen LogP contribution in [-0.4, -0.2) is 17.7 Å². The van der Waals surface area contributed by atoms with Crippen molar-refractivity contribution in [3.63, 3.8) is 0 Å². The largest absolute Gasteiger partial charge is 0.479 e. The van der Waals surface area contributed by atoms with E-state index in [0.29, 0.717) is 15.6 Å². The molecule has 0 unspecified atom stereocenters. The molecule has 0 aliphatic heterocycles. The van der Waals surface area contributed by atoms with Gasteiger partial charge in [0, 0.05) is 0 Å². The number of halogens is 3. The number of nitriles is 1. The SMILES string of the molecule is N#C/C(=C/c1cc(Cl)c(OCC(=O)O)c(Br)c1)c1cccc(F)c1. The Bertz CT molecular complexity index is 838. The number of allylic oxidation sites excluding steroid dienone is 1. The highest BCUT2D eigenvalue weighted by Crippen LogP contribution is 2.35. The first-order valence-electron chi connectivity index (χ1n) is 6.62. The van der Waals surface area contributed by atoms with Crippen molar-refractivity contribution in [2.45, 2.75) is 0 Å². The fraction of sp³-hybridized carbons (Fsp3) is 0.0588. The summed E-state index contributed by atoms with van der Waals surface area (Å²) < 4.78 is 18.8. The molecule has 4 nitrogen and oxygen atoms in total. The van der Waals surface area contributed by atoms with Gasteiger partial charge in [0.2, 0.25) is 0 Å². The summed E-state index contributed by atoms with van der Waals surface area (Å²) in [5, 5.41) is 18.1. The molecule has 0 aliphatic rings. The highest BCUT2D eigenvalue weighted by atomic mass is 79.9. The summed E-state index contributed by atoms with van der Waals surface area (Å²) >= 11 is 9.35. The summed E-state index contributed by atoms with van der Waals surface area (Å²) in [5.41, 5.74) is 1.28. The minimum Gasteiger partial charge on any atom is -0.479 e. The molecule has 0 bridgehead atoms. The van der Waals surface area contributed by atoms with Gasteiger partial charge < -0.3 is 9.84 Å². The number of benzene rings is 2. The van der Waals surface area contributed by atoms with Gasteiger partial charge in [-0.3, -0.25) is 0 Å². The van der Waals surface area contributed by atoms with Crippen LogP contribution in [-0.2, 0) is 4.79 Å². The number of aliphatic carboxylic acids is 1. The van der Waals surface area contributed by atoms with Crippen molar-refractivity contribution in [3.05, 3.63) is 62.8 Å². The molecule has 0 radical (unpaired) electrons. The second-order valence-electron chi connectivity index (χ2n) is 4.68. The number of nitrogens with zero attached hydrogens (tertiary/aromatic N) is 1. The molecule has 0 aliphatic carbocycles. The van der Waals surface area contributed by atoms with Gasteiger partial charge in [-0.2, -0.15) is 5.26 Å². The molecule has 2 aromatic rings. The molecule has 122 valence electrons. The Kier molecular flexibility index (Phi) is 5.96. The Morgan fingerprint density at radius 1 is 1.42 bits per heavy atom. The zero-order chi connectivity index (χ0) is 17.7. The normalized spacial score (nSPS) is 11.0. The quantitative estimate of drug-likeness (QED) is 0.569. The first kappa shape index (κ1) is 18.0. The van der Waals surface area contributed by atoms with Crippen LogP contribution in [0.4, 0.5) is 4.39 Å². The van der Waals surface area contributed by atoms with E-state index in [1.807, 2.05) is 6.07 Å². The van der Waals surface area contributed by atoms with Crippen LogP contribution in [0, 0.1) is 17.1 Å². The fourth-order valence-corrected chi connectivity index (χ4v) is 2.93. The van der Waals surface area contributed by atoms with Crippen LogP contribution < -0.4 is 4.74 Å². The summed E-state index contributed by atoms with van der Waals surface area (Å²) in [4.78, 5) is 10.6. The van der Waals surface area contributed by atoms with Crippen LogP contribution in [0.25, 0.3) is 11.6 Å². The minimum absolute atomic E-state index is 0.188. The number of carboxylic acids is 1. The summed E-state index contributed by atoms with van der Waals surface area (Å²) in [6.07, 6.45) is 1.55. The van der Waals surface area contributed by atoms with Crippen LogP contribution in [0.1, 0.15) is 11.1 Å². The van der Waals surface area contributed by atoms with E-state index in [-0.39, 0.29) is 16.3 Å². The lowest BCUT2D eigenvalue weighted by molar-refractivity contribution is -0.139. The van der Waals surface area contributed by atoms with Crippen molar-refractivity contribution in [1.82, 2.24) is 0 Å². The number of hydrogen-bond acceptors (Lipinski definition) is 3. The van der Waals surface area contributed by atoms with Crippen LogP contribution >= 0.6 is 27.5 Å². The van der Waals surface area contributed by atoms with E-state index in [1.54, 1.807) is 18.2 Å². The highest BCUT2D eigenvalue weighted by Gasteiger charge is 2.11. The van der Waals surface area contributed by atoms with Gasteiger partial charge >= 0.3 is 5.97 Å². The molecular formula is C17H10BrClFNO3. The van der Waals surface area contributed by atoms with E-state index in [9.17, 15) is 14.4 Å². The van der Waals surface area contributed by atoms with Gasteiger partial charge in [-0.15, -0.1) is 0 Å². The average Bonchev–Trinajstić information content (AvgIpc) is 2.51. The Morgan fingerprint density at radius 2 is 2.17 bits per heavy atom. The molecule has 0 saturated carbocycles. The van der Waals surface area contributed by atoms with Crippen LogP contribution in [0.15, 0.2) is 40.9 Å². The average molecular weight is 411 g/mol. The highest BCUT2D eigenvalue weighted by molar-refractivity contribution is 9.10. The zero-order valence-electron chi connectivity index (χ0n) is 12.1. The predicted octanol–water partition coefficient (Wildman–Crippen LogP) is 4.77. The van der Waals surface area contributed by atoms with Crippen LogP contribution in [0.5, 0.6) is 5.75 Å². The number of rotatable bonds is 5. The fourth-order valence-electron chi connectivity index (χ4n) is 1.94. The van der Waals surface area contributed by atoms with Gasteiger partial charge in [0.1, 0.15) is 5.82 Å². The molecule has 7 heteroatoms. The summed E-state index contributed by atoms with van der Waals surface area (Å²) in [7, 11) is 0. The molecule has 2 rings (SSSR count). The summed E-state index contributed by atoms with van der Waals surface area (Å²) in [6.45, 7) is -0.528. The van der Waals surface area contributed by atoms with Crippen molar-refractivity contribution in [1.29, 1.82) is 5.26 Å². The predicted molar refractivity (Wildman–Crippen MR) is 92.2 cm³/mol. The molecule has 0 heterocycles. The third-order valence-electron chi connectivity index (χ3n) is 2.93. The van der Waals surface area contributed by atoms with Crippen molar-refractivity contribution < 1.29 is 19.0 Å². The molecule has 0 spiro atoms. The molecule has 24 heavy (non-hydrogen) atoms. The number of hydrogen-bond donors (Lipinski definition) is 1. The van der Waals surface area contributed by atoms with Crippen LogP contribution in [0.2, 0.25) is 5.02 Å². The first-order valence-corrected chi connectivity index (χ1v) is 7.79. The third-order valence-corrected chi connectivity index (χ3v) is 3.80. The lowest BCUT2D eigenvalue weighted by Crippen LogP contribution is -2.10. The van der Waals surface area contributed by atoms with Gasteiger partial charge in [-0.1, -0.05) is 23.7 Å². The van der Waals surface area contributed by atoms with E-state index < -0.39 is 18.4 Å². The maximum Gasteiger partial charge on any atom is 0.341 e.